The fourth-order valence-corrected chi connectivity index (χ4v) is 3.53. The zero-order chi connectivity index (χ0) is 20.3. The fraction of sp³-hybridized carbons (Fsp3) is 0.720. The van der Waals surface area contributed by atoms with E-state index in [4.69, 9.17) is 9.84 Å². The van der Waals surface area contributed by atoms with Crippen molar-refractivity contribution in [1.29, 1.82) is 0 Å². The first-order valence-corrected chi connectivity index (χ1v) is 11.7. The number of ether oxygens (including phenoxy) is 1. The Hall–Kier alpha value is -1.51. The number of aromatic carboxylic acids is 1. The van der Waals surface area contributed by atoms with E-state index in [9.17, 15) is 4.79 Å². The third kappa shape index (κ3) is 13.6. The van der Waals surface area contributed by atoms with Gasteiger partial charge in [0.05, 0.1) is 12.2 Å². The van der Waals surface area contributed by atoms with Gasteiger partial charge in [-0.15, -0.1) is 0 Å². The second-order valence-electron chi connectivity index (χ2n) is 7.98. The summed E-state index contributed by atoms with van der Waals surface area (Å²) in [4.78, 5) is 10.8. The SMILES string of the molecule is CCCCCCCCCCCCCCCCCCOc1ccc(C(=O)O)cc1. The van der Waals surface area contributed by atoms with Crippen LogP contribution in [0.15, 0.2) is 24.3 Å². The van der Waals surface area contributed by atoms with Crippen LogP contribution >= 0.6 is 0 Å². The molecule has 0 aliphatic rings. The minimum Gasteiger partial charge on any atom is -0.494 e. The summed E-state index contributed by atoms with van der Waals surface area (Å²) in [6.45, 7) is 2.99. The van der Waals surface area contributed by atoms with Gasteiger partial charge in [0, 0.05) is 0 Å². The molecule has 1 N–H and O–H groups in total. The second kappa shape index (κ2) is 17.6. The van der Waals surface area contributed by atoms with Gasteiger partial charge in [0.25, 0.3) is 0 Å². The minimum absolute atomic E-state index is 0.301. The fourth-order valence-electron chi connectivity index (χ4n) is 3.53. The molecule has 0 saturated heterocycles. The Morgan fingerprint density at radius 1 is 0.679 bits per heavy atom. The topological polar surface area (TPSA) is 46.5 Å². The largest absolute Gasteiger partial charge is 0.494 e. The molecule has 28 heavy (non-hydrogen) atoms. The lowest BCUT2D eigenvalue weighted by Gasteiger charge is -2.06. The van der Waals surface area contributed by atoms with Crippen LogP contribution in [0.3, 0.4) is 0 Å². The monoisotopic (exact) mass is 390 g/mol. The maximum Gasteiger partial charge on any atom is 0.335 e. The number of benzene rings is 1. The molecule has 0 saturated carbocycles. The van der Waals surface area contributed by atoms with Gasteiger partial charge in [0.2, 0.25) is 0 Å². The van der Waals surface area contributed by atoms with Gasteiger partial charge in [-0.1, -0.05) is 103 Å². The molecule has 0 atom stereocenters. The van der Waals surface area contributed by atoms with Crippen LogP contribution in [0.5, 0.6) is 5.75 Å². The van der Waals surface area contributed by atoms with E-state index in [0.717, 1.165) is 12.2 Å². The molecule has 3 heteroatoms. The predicted molar refractivity (Wildman–Crippen MR) is 118 cm³/mol. The number of carbonyl (C=O) groups is 1. The molecular formula is C25H42O3. The highest BCUT2D eigenvalue weighted by molar-refractivity contribution is 5.87. The van der Waals surface area contributed by atoms with Crippen molar-refractivity contribution >= 4 is 5.97 Å². The van der Waals surface area contributed by atoms with Crippen molar-refractivity contribution < 1.29 is 14.6 Å². The molecule has 0 fully saturated rings. The standard InChI is InChI=1S/C25H42O3/c1-2-3-4-5-6-7-8-9-10-11-12-13-14-15-16-17-22-28-24-20-18-23(19-21-24)25(26)27/h18-21H,2-17,22H2,1H3,(H,26,27). The Morgan fingerprint density at radius 3 is 1.46 bits per heavy atom. The van der Waals surface area contributed by atoms with Crippen LogP contribution in [0.1, 0.15) is 120 Å². The normalized spacial score (nSPS) is 10.9. The number of carboxylic acid groups (broad SMARTS) is 1. The molecule has 0 heterocycles. The van der Waals surface area contributed by atoms with Crippen molar-refractivity contribution in [2.24, 2.45) is 0 Å². The lowest BCUT2D eigenvalue weighted by Crippen LogP contribution is -1.99. The maximum absolute atomic E-state index is 10.8. The van der Waals surface area contributed by atoms with Crippen molar-refractivity contribution in [1.82, 2.24) is 0 Å². The highest BCUT2D eigenvalue weighted by Gasteiger charge is 2.02. The summed E-state index contributed by atoms with van der Waals surface area (Å²) in [5.41, 5.74) is 0.301. The van der Waals surface area contributed by atoms with Gasteiger partial charge in [-0.05, 0) is 30.7 Å². The third-order valence-corrected chi connectivity index (χ3v) is 5.37. The summed E-state index contributed by atoms with van der Waals surface area (Å²) in [5, 5.41) is 8.87. The summed E-state index contributed by atoms with van der Waals surface area (Å²) in [6, 6.07) is 6.64. The van der Waals surface area contributed by atoms with Crippen LogP contribution < -0.4 is 4.74 Å². The number of carboxylic acids is 1. The number of hydrogen-bond acceptors (Lipinski definition) is 2. The molecule has 1 rings (SSSR count). The van der Waals surface area contributed by atoms with E-state index in [1.54, 1.807) is 24.3 Å². The summed E-state index contributed by atoms with van der Waals surface area (Å²) >= 11 is 0. The number of rotatable bonds is 19. The van der Waals surface area contributed by atoms with Crippen LogP contribution in [0, 0.1) is 0 Å². The van der Waals surface area contributed by atoms with Crippen molar-refractivity contribution in [3.63, 3.8) is 0 Å². The zero-order valence-electron chi connectivity index (χ0n) is 18.1. The van der Waals surface area contributed by atoms with Crippen molar-refractivity contribution in [2.45, 2.75) is 110 Å². The molecule has 0 bridgehead atoms. The van der Waals surface area contributed by atoms with Crippen molar-refractivity contribution in [2.75, 3.05) is 6.61 Å². The highest BCUT2D eigenvalue weighted by atomic mass is 16.5. The van der Waals surface area contributed by atoms with E-state index in [1.807, 2.05) is 0 Å². The zero-order valence-corrected chi connectivity index (χ0v) is 18.1. The van der Waals surface area contributed by atoms with Crippen LogP contribution in [0.2, 0.25) is 0 Å². The number of unbranched alkanes of at least 4 members (excludes halogenated alkanes) is 15. The molecule has 160 valence electrons. The first-order valence-electron chi connectivity index (χ1n) is 11.7. The molecule has 0 unspecified atom stereocenters. The van der Waals surface area contributed by atoms with E-state index < -0.39 is 5.97 Å². The Balaban J connectivity index is 1.79. The molecule has 0 spiro atoms. The van der Waals surface area contributed by atoms with Gasteiger partial charge in [-0.3, -0.25) is 0 Å². The highest BCUT2D eigenvalue weighted by Crippen LogP contribution is 2.15. The quantitative estimate of drug-likeness (QED) is 0.243. The second-order valence-corrected chi connectivity index (χ2v) is 7.98. The summed E-state index contributed by atoms with van der Waals surface area (Å²) in [5.74, 6) is -0.143. The average Bonchev–Trinajstić information content (AvgIpc) is 2.70. The van der Waals surface area contributed by atoms with Gasteiger partial charge in [0.1, 0.15) is 5.75 Å². The first kappa shape index (κ1) is 24.5. The van der Waals surface area contributed by atoms with Crippen LogP contribution in [0.25, 0.3) is 0 Å². The van der Waals surface area contributed by atoms with Crippen molar-refractivity contribution in [3.05, 3.63) is 29.8 Å². The number of hydrogen-bond donors (Lipinski definition) is 1. The van der Waals surface area contributed by atoms with E-state index in [1.165, 1.54) is 96.3 Å². The van der Waals surface area contributed by atoms with Gasteiger partial charge < -0.3 is 9.84 Å². The summed E-state index contributed by atoms with van der Waals surface area (Å²) in [7, 11) is 0. The third-order valence-electron chi connectivity index (χ3n) is 5.37. The molecular weight excluding hydrogens is 348 g/mol. The molecule has 0 radical (unpaired) electrons. The van der Waals surface area contributed by atoms with Crippen LogP contribution in [0.4, 0.5) is 0 Å². The maximum atomic E-state index is 10.8. The molecule has 3 nitrogen and oxygen atoms in total. The van der Waals surface area contributed by atoms with Gasteiger partial charge in [-0.25, -0.2) is 4.79 Å². The van der Waals surface area contributed by atoms with Gasteiger partial charge in [-0.2, -0.15) is 0 Å². The van der Waals surface area contributed by atoms with E-state index in [-0.39, 0.29) is 0 Å². The van der Waals surface area contributed by atoms with E-state index in [2.05, 4.69) is 6.92 Å². The summed E-state index contributed by atoms with van der Waals surface area (Å²) < 4.78 is 5.67. The van der Waals surface area contributed by atoms with Gasteiger partial charge in [0.15, 0.2) is 0 Å². The lowest BCUT2D eigenvalue weighted by atomic mass is 10.0. The molecule has 1 aromatic rings. The first-order chi connectivity index (χ1) is 13.7. The molecule has 0 aromatic heterocycles. The van der Waals surface area contributed by atoms with Crippen molar-refractivity contribution in [3.8, 4) is 5.75 Å². The van der Waals surface area contributed by atoms with E-state index in [0.29, 0.717) is 12.2 Å². The molecule has 1 aromatic carbocycles. The minimum atomic E-state index is -0.899. The molecule has 0 amide bonds. The molecule has 0 aliphatic carbocycles. The summed E-state index contributed by atoms with van der Waals surface area (Å²) in [6.07, 6.45) is 21.9. The van der Waals surface area contributed by atoms with E-state index >= 15 is 0 Å². The van der Waals surface area contributed by atoms with Crippen LogP contribution in [-0.4, -0.2) is 17.7 Å². The smallest absolute Gasteiger partial charge is 0.335 e. The Morgan fingerprint density at radius 2 is 1.07 bits per heavy atom. The average molecular weight is 391 g/mol. The predicted octanol–water partition coefficient (Wildman–Crippen LogP) is 8.03. The Kier molecular flexibility index (Phi) is 15.4. The Bertz CT molecular complexity index is 481. The van der Waals surface area contributed by atoms with Crippen LogP contribution in [-0.2, 0) is 0 Å². The lowest BCUT2D eigenvalue weighted by molar-refractivity contribution is 0.0697. The molecule has 0 aliphatic heterocycles. The Labute approximate surface area is 172 Å². The van der Waals surface area contributed by atoms with Gasteiger partial charge >= 0.3 is 5.97 Å².